The van der Waals surface area contributed by atoms with Gasteiger partial charge in [-0.3, -0.25) is 9.59 Å². The zero-order chi connectivity index (χ0) is 18.0. The molecule has 0 saturated carbocycles. The Kier molecular flexibility index (Phi) is 6.67. The second-order valence-corrected chi connectivity index (χ2v) is 19.3. The largest absolute Gasteiger partial charge is 0.382 e. The van der Waals surface area contributed by atoms with Gasteiger partial charge in [0.2, 0.25) is 11.8 Å². The maximum Gasteiger partial charge on any atom is 0.212 e. The molecule has 0 atom stereocenters. The zero-order valence-corrected chi connectivity index (χ0v) is 18.2. The Morgan fingerprint density at radius 2 is 0.909 bits per heavy atom. The van der Waals surface area contributed by atoms with Crippen LogP contribution in [-0.2, 0) is 9.59 Å². The Hall–Kier alpha value is -0.626. The van der Waals surface area contributed by atoms with Crippen LogP contribution in [0.3, 0.4) is 0 Å². The van der Waals surface area contributed by atoms with Crippen molar-refractivity contribution in [2.24, 2.45) is 0 Å². The van der Waals surface area contributed by atoms with Crippen molar-refractivity contribution in [2.45, 2.75) is 90.6 Å². The lowest BCUT2D eigenvalue weighted by atomic mass is 10.2. The average Bonchev–Trinajstić information content (AvgIpc) is 2.21. The Morgan fingerprint density at radius 1 is 0.682 bits per heavy atom. The topological polar surface area (TPSA) is 58.2 Å². The number of amides is 2. The van der Waals surface area contributed by atoms with E-state index < -0.39 is 16.5 Å². The summed E-state index contributed by atoms with van der Waals surface area (Å²) in [6.07, 6.45) is 0.542. The molecule has 4 nitrogen and oxygen atoms in total. The molecule has 0 spiro atoms. The third kappa shape index (κ3) is 6.24. The quantitative estimate of drug-likeness (QED) is 0.740. The number of rotatable bonds is 5. The van der Waals surface area contributed by atoms with E-state index in [4.69, 9.17) is 0 Å². The van der Waals surface area contributed by atoms with Crippen molar-refractivity contribution in [3.05, 3.63) is 0 Å². The van der Waals surface area contributed by atoms with Gasteiger partial charge in [0.05, 0.1) is 0 Å². The monoisotopic (exact) mass is 344 g/mol. The summed E-state index contributed by atoms with van der Waals surface area (Å²) in [6, 6.07) is 0. The van der Waals surface area contributed by atoms with Gasteiger partial charge >= 0.3 is 0 Å². The first-order chi connectivity index (χ1) is 9.49. The summed E-state index contributed by atoms with van der Waals surface area (Å²) in [5.41, 5.74) is 0. The van der Waals surface area contributed by atoms with E-state index in [1.54, 1.807) is 0 Å². The van der Waals surface area contributed by atoms with Crippen molar-refractivity contribution in [1.29, 1.82) is 0 Å². The van der Waals surface area contributed by atoms with Crippen molar-refractivity contribution in [1.82, 2.24) is 9.96 Å². The van der Waals surface area contributed by atoms with E-state index in [1.807, 2.05) is 0 Å². The molecular weight excluding hydrogens is 308 g/mol. The van der Waals surface area contributed by atoms with Crippen LogP contribution in [0.25, 0.3) is 0 Å². The minimum atomic E-state index is -1.84. The molecule has 130 valence electrons. The van der Waals surface area contributed by atoms with Crippen LogP contribution in [0.4, 0.5) is 0 Å². The maximum absolute atomic E-state index is 12.1. The number of hydrogen-bond acceptors (Lipinski definition) is 2. The lowest BCUT2D eigenvalue weighted by molar-refractivity contribution is -0.125. The van der Waals surface area contributed by atoms with E-state index in [1.165, 1.54) is 0 Å². The highest BCUT2D eigenvalue weighted by molar-refractivity contribution is 6.80. The fraction of sp³-hybridized carbons (Fsp3) is 0.875. The third-order valence-electron chi connectivity index (χ3n) is 5.23. The SMILES string of the molecule is CC(C)(C)[Si](C)(C)NC(=O)CCC(=O)N[Si](C)(C)C(C)(C)C. The Balaban J connectivity index is 4.47. The van der Waals surface area contributed by atoms with Crippen LogP contribution in [0.2, 0.25) is 36.3 Å². The fourth-order valence-electron chi connectivity index (χ4n) is 1.42. The highest BCUT2D eigenvalue weighted by atomic mass is 28.3. The molecule has 0 radical (unpaired) electrons. The van der Waals surface area contributed by atoms with Gasteiger partial charge in [0.15, 0.2) is 16.5 Å². The molecule has 0 aromatic heterocycles. The molecule has 6 heteroatoms. The van der Waals surface area contributed by atoms with Gasteiger partial charge in [-0.2, -0.15) is 0 Å². The molecule has 0 fully saturated rings. The Bertz CT molecular complexity index is 379. The van der Waals surface area contributed by atoms with Gasteiger partial charge in [-0.15, -0.1) is 0 Å². The Morgan fingerprint density at radius 3 is 1.09 bits per heavy atom. The number of nitrogens with one attached hydrogen (secondary N) is 2. The summed E-state index contributed by atoms with van der Waals surface area (Å²) in [5.74, 6) is -0.00561. The summed E-state index contributed by atoms with van der Waals surface area (Å²) in [7, 11) is -3.68. The van der Waals surface area contributed by atoms with E-state index in [9.17, 15) is 9.59 Å². The molecule has 0 saturated heterocycles. The van der Waals surface area contributed by atoms with Crippen LogP contribution in [-0.4, -0.2) is 28.3 Å². The summed E-state index contributed by atoms with van der Waals surface area (Å²) in [5, 5.41) is 0.206. The zero-order valence-electron chi connectivity index (χ0n) is 16.2. The second kappa shape index (κ2) is 6.87. The lowest BCUT2D eigenvalue weighted by Gasteiger charge is -2.37. The van der Waals surface area contributed by atoms with Gasteiger partial charge in [-0.05, 0) is 10.1 Å². The van der Waals surface area contributed by atoms with Gasteiger partial charge < -0.3 is 9.96 Å². The number of carbonyl (C=O) groups excluding carboxylic acids is 2. The van der Waals surface area contributed by atoms with Crippen molar-refractivity contribution < 1.29 is 9.59 Å². The van der Waals surface area contributed by atoms with Gasteiger partial charge in [0.1, 0.15) is 0 Å². The molecule has 0 bridgehead atoms. The molecule has 22 heavy (non-hydrogen) atoms. The van der Waals surface area contributed by atoms with Crippen molar-refractivity contribution in [3.63, 3.8) is 0 Å². The molecule has 0 aromatic carbocycles. The predicted octanol–water partition coefficient (Wildman–Crippen LogP) is 4.01. The predicted molar refractivity (Wildman–Crippen MR) is 99.9 cm³/mol. The standard InChI is InChI=1S/C16H36N2O2Si2/c1-15(2,3)21(7,8)17-13(19)11-12-14(20)18-22(9,10)16(4,5)6/h11-12H2,1-10H3,(H,17,19)(H,18,20). The van der Waals surface area contributed by atoms with E-state index in [2.05, 4.69) is 77.7 Å². The van der Waals surface area contributed by atoms with Crippen LogP contribution in [0.5, 0.6) is 0 Å². The van der Waals surface area contributed by atoms with Crippen LogP contribution < -0.4 is 9.96 Å². The first kappa shape index (κ1) is 21.4. The highest BCUT2D eigenvalue weighted by Gasteiger charge is 2.38. The minimum absolute atomic E-state index is 0.00280. The lowest BCUT2D eigenvalue weighted by Crippen LogP contribution is -2.56. The molecule has 2 N–H and O–H groups in total. The molecule has 0 heterocycles. The normalized spacial score (nSPS) is 13.7. The molecule has 0 unspecified atom stereocenters. The van der Waals surface area contributed by atoms with Gasteiger partial charge in [0.25, 0.3) is 0 Å². The van der Waals surface area contributed by atoms with Crippen molar-refractivity contribution in [2.75, 3.05) is 0 Å². The molecule has 0 aliphatic carbocycles. The molecule has 0 aliphatic heterocycles. The van der Waals surface area contributed by atoms with E-state index in [-0.39, 0.29) is 34.7 Å². The first-order valence-corrected chi connectivity index (χ1v) is 14.1. The smallest absolute Gasteiger partial charge is 0.212 e. The second-order valence-electron chi connectivity index (χ2n) is 9.35. The summed E-state index contributed by atoms with van der Waals surface area (Å²) in [6.45, 7) is 21.6. The highest BCUT2D eigenvalue weighted by Crippen LogP contribution is 2.34. The maximum atomic E-state index is 12.1. The van der Waals surface area contributed by atoms with E-state index >= 15 is 0 Å². The molecule has 0 aromatic rings. The van der Waals surface area contributed by atoms with E-state index in [0.717, 1.165) is 0 Å². The average molecular weight is 345 g/mol. The summed E-state index contributed by atoms with van der Waals surface area (Å²) in [4.78, 5) is 30.6. The Labute approximate surface area is 139 Å². The summed E-state index contributed by atoms with van der Waals surface area (Å²) < 4.78 is 0. The minimum Gasteiger partial charge on any atom is -0.382 e. The van der Waals surface area contributed by atoms with Crippen molar-refractivity contribution >= 4 is 28.3 Å². The van der Waals surface area contributed by atoms with E-state index in [0.29, 0.717) is 0 Å². The molecular formula is C16H36N2O2Si2. The number of carbonyl (C=O) groups is 2. The fourth-order valence-corrected chi connectivity index (χ4v) is 3.82. The van der Waals surface area contributed by atoms with Crippen LogP contribution in [0.15, 0.2) is 0 Å². The molecule has 2 amide bonds. The molecule has 0 aliphatic rings. The van der Waals surface area contributed by atoms with Crippen molar-refractivity contribution in [3.8, 4) is 0 Å². The third-order valence-corrected chi connectivity index (χ3v) is 14.5. The van der Waals surface area contributed by atoms with Crippen LogP contribution in [0.1, 0.15) is 54.4 Å². The van der Waals surface area contributed by atoms with Gasteiger partial charge in [-0.25, -0.2) is 0 Å². The number of hydrogen-bond donors (Lipinski definition) is 2. The van der Waals surface area contributed by atoms with Crippen LogP contribution >= 0.6 is 0 Å². The molecule has 0 rings (SSSR count). The first-order valence-electron chi connectivity index (χ1n) is 8.12. The van der Waals surface area contributed by atoms with Crippen LogP contribution in [0, 0.1) is 0 Å². The van der Waals surface area contributed by atoms with Gasteiger partial charge in [-0.1, -0.05) is 67.7 Å². The van der Waals surface area contributed by atoms with Gasteiger partial charge in [0, 0.05) is 12.8 Å². The summed E-state index contributed by atoms with van der Waals surface area (Å²) >= 11 is 0.